The predicted molar refractivity (Wildman–Crippen MR) is 101 cm³/mol. The molecule has 0 saturated heterocycles. The first kappa shape index (κ1) is 17.4. The normalized spacial score (nSPS) is 10.7. The lowest BCUT2D eigenvalue weighted by Crippen LogP contribution is -2.03. The van der Waals surface area contributed by atoms with E-state index in [9.17, 15) is 4.79 Å². The van der Waals surface area contributed by atoms with Crippen LogP contribution in [0.15, 0.2) is 64.4 Å². The fourth-order valence-corrected chi connectivity index (χ4v) is 4.09. The van der Waals surface area contributed by atoms with E-state index in [2.05, 4.69) is 47.4 Å². The lowest BCUT2D eigenvalue weighted by molar-refractivity contribution is 0.0596. The van der Waals surface area contributed by atoms with Gasteiger partial charge in [0.1, 0.15) is 0 Å². The van der Waals surface area contributed by atoms with Gasteiger partial charge >= 0.3 is 5.97 Å². The van der Waals surface area contributed by atoms with Gasteiger partial charge in [-0.1, -0.05) is 60.3 Å². The largest absolute Gasteiger partial charge is 0.465 e. The van der Waals surface area contributed by atoms with Crippen LogP contribution in [0, 0.1) is 13.8 Å². The second-order valence-electron chi connectivity index (χ2n) is 5.94. The van der Waals surface area contributed by atoms with Crippen molar-refractivity contribution in [3.05, 3.63) is 82.7 Å². The summed E-state index contributed by atoms with van der Waals surface area (Å²) >= 11 is 1.62. The smallest absolute Gasteiger partial charge is 0.340 e. The molecule has 1 heterocycles. The molecule has 0 atom stereocenters. The van der Waals surface area contributed by atoms with Crippen LogP contribution >= 0.6 is 11.8 Å². The van der Waals surface area contributed by atoms with E-state index in [1.807, 2.05) is 26.0 Å². The zero-order valence-corrected chi connectivity index (χ0v) is 15.4. The highest BCUT2D eigenvalue weighted by molar-refractivity contribution is 7.99. The van der Waals surface area contributed by atoms with E-state index in [1.165, 1.54) is 18.2 Å². The molecule has 0 fully saturated rings. The first-order valence-electron chi connectivity index (χ1n) is 8.17. The summed E-state index contributed by atoms with van der Waals surface area (Å²) in [7, 11) is 1.42. The van der Waals surface area contributed by atoms with Crippen LogP contribution in [0.4, 0.5) is 0 Å². The van der Waals surface area contributed by atoms with Crippen LogP contribution in [-0.4, -0.2) is 18.1 Å². The fourth-order valence-electron chi connectivity index (χ4n) is 2.91. The molecule has 1 aromatic heterocycles. The van der Waals surface area contributed by atoms with E-state index in [4.69, 9.17) is 4.74 Å². The highest BCUT2D eigenvalue weighted by Crippen LogP contribution is 2.37. The predicted octanol–water partition coefficient (Wildman–Crippen LogP) is 5.16. The number of aromatic nitrogens is 1. The van der Waals surface area contributed by atoms with Crippen molar-refractivity contribution >= 4 is 17.7 Å². The first-order valence-corrected chi connectivity index (χ1v) is 8.99. The maximum atomic E-state index is 12.2. The maximum Gasteiger partial charge on any atom is 0.340 e. The molecular formula is C21H21NO2S. The zero-order chi connectivity index (χ0) is 17.8. The topological polar surface area (TPSA) is 42.1 Å². The van der Waals surface area contributed by atoms with Crippen LogP contribution < -0.4 is 0 Å². The Morgan fingerprint density at radius 3 is 2.40 bits per heavy atom. The van der Waals surface area contributed by atoms with Crippen LogP contribution in [0.1, 0.15) is 32.9 Å². The Balaban J connectivity index is 1.96. The fraction of sp³-hybridized carbons (Fsp3) is 0.190. The Morgan fingerprint density at radius 1 is 1.00 bits per heavy atom. The van der Waals surface area contributed by atoms with Crippen molar-refractivity contribution in [3.63, 3.8) is 0 Å². The lowest BCUT2D eigenvalue weighted by Gasteiger charge is -2.10. The second-order valence-corrected chi connectivity index (χ2v) is 7.00. The number of hydrogen-bond donors (Lipinski definition) is 1. The van der Waals surface area contributed by atoms with E-state index in [1.54, 1.807) is 11.8 Å². The summed E-state index contributed by atoms with van der Waals surface area (Å²) in [6.45, 7) is 3.89. The molecule has 4 heteroatoms. The number of aryl methyl sites for hydroxylation is 2. The van der Waals surface area contributed by atoms with Gasteiger partial charge in [-0.25, -0.2) is 4.79 Å². The number of aromatic amines is 1. The number of esters is 1. The standard InChI is InChI=1S/C21H21NO2S/c1-14-19(21(23)24-3)20(15(2)22-14)25-18-12-8-7-11-17(18)13-16-9-5-4-6-10-16/h4-12,22H,13H2,1-3H3. The van der Waals surface area contributed by atoms with E-state index in [-0.39, 0.29) is 5.97 Å². The Labute approximate surface area is 152 Å². The molecule has 25 heavy (non-hydrogen) atoms. The van der Waals surface area contributed by atoms with Crippen molar-refractivity contribution in [2.75, 3.05) is 7.11 Å². The number of methoxy groups -OCH3 is 1. The summed E-state index contributed by atoms with van der Waals surface area (Å²) < 4.78 is 4.96. The molecule has 0 amide bonds. The van der Waals surface area contributed by atoms with E-state index < -0.39 is 0 Å². The summed E-state index contributed by atoms with van der Waals surface area (Å²) in [5.41, 5.74) is 4.96. The van der Waals surface area contributed by atoms with Gasteiger partial charge in [0.2, 0.25) is 0 Å². The molecule has 0 saturated carbocycles. The Kier molecular flexibility index (Phi) is 5.29. The molecule has 0 bridgehead atoms. The van der Waals surface area contributed by atoms with E-state index in [0.717, 1.165) is 27.6 Å². The minimum absolute atomic E-state index is 0.301. The van der Waals surface area contributed by atoms with Crippen LogP contribution in [0.5, 0.6) is 0 Å². The number of carbonyl (C=O) groups excluding carboxylic acids is 1. The number of benzene rings is 2. The Bertz CT molecular complexity index is 884. The van der Waals surface area contributed by atoms with Gasteiger partial charge in [-0.05, 0) is 37.5 Å². The van der Waals surface area contributed by atoms with Crippen molar-refractivity contribution in [1.82, 2.24) is 4.98 Å². The molecule has 3 nitrogen and oxygen atoms in total. The molecule has 2 aromatic carbocycles. The Morgan fingerprint density at radius 2 is 1.68 bits per heavy atom. The molecule has 0 aliphatic rings. The zero-order valence-electron chi connectivity index (χ0n) is 14.6. The van der Waals surface area contributed by atoms with Gasteiger partial charge in [-0.2, -0.15) is 0 Å². The SMILES string of the molecule is COC(=O)c1c(C)[nH]c(C)c1Sc1ccccc1Cc1ccccc1. The Hall–Kier alpha value is -2.46. The second kappa shape index (κ2) is 7.62. The van der Waals surface area contributed by atoms with Crippen LogP contribution in [0.25, 0.3) is 0 Å². The summed E-state index contributed by atoms with van der Waals surface area (Å²) in [6, 6.07) is 18.7. The van der Waals surface area contributed by atoms with Gasteiger partial charge in [0.05, 0.1) is 12.7 Å². The van der Waals surface area contributed by atoms with Crippen molar-refractivity contribution in [2.24, 2.45) is 0 Å². The molecule has 0 unspecified atom stereocenters. The van der Waals surface area contributed by atoms with E-state index >= 15 is 0 Å². The quantitative estimate of drug-likeness (QED) is 0.646. The van der Waals surface area contributed by atoms with Crippen LogP contribution in [0.2, 0.25) is 0 Å². The molecule has 0 radical (unpaired) electrons. The number of nitrogens with one attached hydrogen (secondary N) is 1. The summed E-state index contributed by atoms with van der Waals surface area (Å²) in [6.07, 6.45) is 0.861. The molecule has 128 valence electrons. The summed E-state index contributed by atoms with van der Waals surface area (Å²) in [4.78, 5) is 17.5. The number of H-pyrrole nitrogens is 1. The lowest BCUT2D eigenvalue weighted by atomic mass is 10.1. The molecule has 0 aliphatic heterocycles. The number of rotatable bonds is 5. The van der Waals surface area contributed by atoms with E-state index in [0.29, 0.717) is 5.56 Å². The van der Waals surface area contributed by atoms with Gasteiger partial charge < -0.3 is 9.72 Å². The van der Waals surface area contributed by atoms with Crippen molar-refractivity contribution in [1.29, 1.82) is 0 Å². The first-order chi connectivity index (χ1) is 12.1. The molecule has 0 aliphatic carbocycles. The highest BCUT2D eigenvalue weighted by atomic mass is 32.2. The highest BCUT2D eigenvalue weighted by Gasteiger charge is 2.21. The third-order valence-corrected chi connectivity index (χ3v) is 5.46. The third-order valence-electron chi connectivity index (χ3n) is 4.13. The molecule has 3 rings (SSSR count). The maximum absolute atomic E-state index is 12.2. The minimum atomic E-state index is -0.301. The average molecular weight is 351 g/mol. The van der Waals surface area contributed by atoms with Gasteiger partial charge in [0, 0.05) is 21.2 Å². The summed E-state index contributed by atoms with van der Waals surface area (Å²) in [5, 5.41) is 0. The van der Waals surface area contributed by atoms with Crippen molar-refractivity contribution in [3.8, 4) is 0 Å². The van der Waals surface area contributed by atoms with Crippen LogP contribution in [0.3, 0.4) is 0 Å². The summed E-state index contributed by atoms with van der Waals surface area (Å²) in [5.74, 6) is -0.301. The monoisotopic (exact) mass is 351 g/mol. The number of ether oxygens (including phenoxy) is 1. The third kappa shape index (κ3) is 3.80. The minimum Gasteiger partial charge on any atom is -0.465 e. The van der Waals surface area contributed by atoms with Gasteiger partial charge in [0.15, 0.2) is 0 Å². The molecule has 1 N–H and O–H groups in total. The van der Waals surface area contributed by atoms with Gasteiger partial charge in [0.25, 0.3) is 0 Å². The van der Waals surface area contributed by atoms with Gasteiger partial charge in [-0.3, -0.25) is 0 Å². The molecule has 0 spiro atoms. The van der Waals surface area contributed by atoms with Crippen LogP contribution in [-0.2, 0) is 11.2 Å². The number of hydrogen-bond acceptors (Lipinski definition) is 3. The van der Waals surface area contributed by atoms with Gasteiger partial charge in [-0.15, -0.1) is 0 Å². The number of carbonyl (C=O) groups is 1. The average Bonchev–Trinajstić information content (AvgIpc) is 2.90. The van der Waals surface area contributed by atoms with Crippen molar-refractivity contribution < 1.29 is 9.53 Å². The van der Waals surface area contributed by atoms with Crippen molar-refractivity contribution in [2.45, 2.75) is 30.1 Å². The molecule has 3 aromatic rings. The molecular weight excluding hydrogens is 330 g/mol.